The highest BCUT2D eigenvalue weighted by atomic mass is 15.1. The van der Waals surface area contributed by atoms with Crippen molar-refractivity contribution in [3.63, 3.8) is 0 Å². The fourth-order valence-electron chi connectivity index (χ4n) is 15.5. The molecule has 0 N–H and O–H groups in total. The molecule has 0 amide bonds. The van der Waals surface area contributed by atoms with Crippen LogP contribution >= 0.6 is 0 Å². The lowest BCUT2D eigenvalue weighted by Crippen LogP contribution is -2.73. The summed E-state index contributed by atoms with van der Waals surface area (Å²) in [6, 6.07) is 50.1. The van der Waals surface area contributed by atoms with E-state index in [1.54, 1.807) is 11.1 Å². The minimum atomic E-state index is -0.0702. The second-order valence-electron chi connectivity index (χ2n) is 21.6. The minimum Gasteiger partial charge on any atom is -0.310 e. The molecule has 2 spiro atoms. The Hall–Kier alpha value is -4.88. The van der Waals surface area contributed by atoms with E-state index in [1.807, 2.05) is 0 Å². The number of benzene rings is 6. The summed E-state index contributed by atoms with van der Waals surface area (Å²) in [5.41, 5.74) is 22.4. The van der Waals surface area contributed by atoms with Crippen molar-refractivity contribution in [1.29, 1.82) is 0 Å². The molecule has 4 fully saturated rings. The zero-order valence-electron chi connectivity index (χ0n) is 35.1. The van der Waals surface area contributed by atoms with E-state index in [0.717, 1.165) is 23.7 Å². The van der Waals surface area contributed by atoms with Crippen LogP contribution < -0.4 is 4.90 Å². The van der Waals surface area contributed by atoms with Crippen LogP contribution in [-0.4, -0.2) is 0 Å². The fraction of sp³-hybridized carbons (Fsp3) is 0.368. The van der Waals surface area contributed by atoms with Crippen molar-refractivity contribution < 1.29 is 0 Å². The van der Waals surface area contributed by atoms with E-state index in [4.69, 9.17) is 0 Å². The monoisotopic (exact) mass is 753 g/mol. The van der Waals surface area contributed by atoms with E-state index in [0.29, 0.717) is 5.41 Å². The van der Waals surface area contributed by atoms with Gasteiger partial charge in [-0.05, 0) is 170 Å². The smallest absolute Gasteiger partial charge is 0.0543 e. The largest absolute Gasteiger partial charge is 0.310 e. The molecule has 4 saturated carbocycles. The standard InChI is InChI=1S/C57H55N/c1-53(2)27-28-54(3,4)47-32-38(25-26-44(47)53)58(48-20-12-18-45-52(48)40-13-7-9-16-42(40)55(45,5)6)37-23-21-35(22-24-37)39-15-11-19-46-51(39)41-14-8-10-17-43(41)57(46)49-30-34-29-36-31-50(57)56(36,49)33-34/h7-26,32,34,36,49-50H,27-31,33H2,1-6H3. The third-order valence-electron chi connectivity index (χ3n) is 18.0. The molecule has 0 radical (unpaired) electrons. The lowest BCUT2D eigenvalue weighted by molar-refractivity contribution is -0.231. The Morgan fingerprint density at radius 1 is 0.483 bits per heavy atom. The predicted molar refractivity (Wildman–Crippen MR) is 240 cm³/mol. The van der Waals surface area contributed by atoms with Crippen LogP contribution in [0.15, 0.2) is 127 Å². The summed E-state index contributed by atoms with van der Waals surface area (Å²) in [5.74, 6) is 3.61. The highest BCUT2D eigenvalue weighted by molar-refractivity contribution is 5.97. The van der Waals surface area contributed by atoms with E-state index >= 15 is 0 Å². The average Bonchev–Trinajstić information content (AvgIpc) is 3.92. The molecule has 13 rings (SSSR count). The first-order chi connectivity index (χ1) is 28.0. The van der Waals surface area contributed by atoms with Crippen LogP contribution in [0.5, 0.6) is 0 Å². The zero-order chi connectivity index (χ0) is 39.1. The van der Waals surface area contributed by atoms with Crippen LogP contribution in [-0.2, 0) is 21.7 Å². The number of anilines is 3. The number of hydrogen-bond donors (Lipinski definition) is 0. The van der Waals surface area contributed by atoms with Gasteiger partial charge in [0.05, 0.1) is 5.69 Å². The lowest BCUT2D eigenvalue weighted by atomic mass is 9.27. The van der Waals surface area contributed by atoms with Crippen molar-refractivity contribution >= 4 is 17.1 Å². The van der Waals surface area contributed by atoms with Crippen molar-refractivity contribution in [1.82, 2.24) is 0 Å². The average molecular weight is 754 g/mol. The van der Waals surface area contributed by atoms with Crippen LogP contribution in [0, 0.1) is 29.1 Å². The van der Waals surface area contributed by atoms with Gasteiger partial charge in [-0.15, -0.1) is 0 Å². The molecule has 0 heterocycles. The molecule has 58 heavy (non-hydrogen) atoms. The molecule has 6 unspecified atom stereocenters. The van der Waals surface area contributed by atoms with Gasteiger partial charge in [-0.2, -0.15) is 0 Å². The van der Waals surface area contributed by atoms with Gasteiger partial charge in [-0.3, -0.25) is 0 Å². The number of nitrogens with zero attached hydrogens (tertiary/aromatic N) is 1. The Labute approximate surface area is 345 Å². The summed E-state index contributed by atoms with van der Waals surface area (Å²) in [5, 5.41) is 0. The molecular formula is C57H55N. The number of fused-ring (bicyclic) bond motifs is 12. The van der Waals surface area contributed by atoms with E-state index < -0.39 is 0 Å². The fourth-order valence-corrected chi connectivity index (χ4v) is 15.5. The molecule has 1 nitrogen and oxygen atoms in total. The van der Waals surface area contributed by atoms with Gasteiger partial charge >= 0.3 is 0 Å². The number of rotatable bonds is 4. The van der Waals surface area contributed by atoms with Crippen LogP contribution in [0.4, 0.5) is 17.1 Å². The van der Waals surface area contributed by atoms with Gasteiger partial charge in [-0.1, -0.05) is 139 Å². The molecule has 6 atom stereocenters. The Morgan fingerprint density at radius 2 is 1.10 bits per heavy atom. The van der Waals surface area contributed by atoms with Crippen LogP contribution in [0.2, 0.25) is 0 Å². The molecular weight excluding hydrogens is 699 g/mol. The van der Waals surface area contributed by atoms with Gasteiger partial charge < -0.3 is 4.90 Å². The summed E-state index contributed by atoms with van der Waals surface area (Å²) >= 11 is 0. The number of hydrogen-bond acceptors (Lipinski definition) is 1. The van der Waals surface area contributed by atoms with Gasteiger partial charge in [0.25, 0.3) is 0 Å². The minimum absolute atomic E-state index is 0.0702. The van der Waals surface area contributed by atoms with Gasteiger partial charge in [0.2, 0.25) is 0 Å². The summed E-state index contributed by atoms with van der Waals surface area (Å²) < 4.78 is 0. The molecule has 1 heteroatoms. The Balaban J connectivity index is 0.978. The van der Waals surface area contributed by atoms with Crippen molar-refractivity contribution in [3.8, 4) is 33.4 Å². The summed E-state index contributed by atoms with van der Waals surface area (Å²) in [6.45, 7) is 14.6. The van der Waals surface area contributed by atoms with Crippen LogP contribution in [0.25, 0.3) is 33.4 Å². The van der Waals surface area contributed by atoms with Crippen molar-refractivity contribution in [2.75, 3.05) is 4.90 Å². The Kier molecular flexibility index (Phi) is 6.36. The van der Waals surface area contributed by atoms with Crippen LogP contribution in [0.3, 0.4) is 0 Å². The first-order valence-electron chi connectivity index (χ1n) is 22.5. The maximum atomic E-state index is 2.58. The van der Waals surface area contributed by atoms with E-state index in [-0.39, 0.29) is 21.7 Å². The molecule has 6 aromatic rings. The van der Waals surface area contributed by atoms with Gasteiger partial charge in [0, 0.05) is 27.8 Å². The Bertz CT molecular complexity index is 2760. The Morgan fingerprint density at radius 3 is 1.88 bits per heavy atom. The highest BCUT2D eigenvalue weighted by Gasteiger charge is 2.84. The molecule has 0 aromatic heterocycles. The third kappa shape index (κ3) is 3.87. The van der Waals surface area contributed by atoms with E-state index in [1.165, 1.54) is 111 Å². The van der Waals surface area contributed by atoms with Gasteiger partial charge in [-0.25, -0.2) is 0 Å². The first kappa shape index (κ1) is 34.0. The van der Waals surface area contributed by atoms with E-state index in [2.05, 4.69) is 174 Å². The SMILES string of the molecule is CC1(C)CCC(C)(C)c2cc(N(c3ccc(-c4cccc5c4-c4ccccc4C54C5CC6CC7CC4C75C6)cc3)c3cccc4c3-c3ccccc3C4(C)C)ccc21. The molecule has 0 saturated heterocycles. The van der Waals surface area contributed by atoms with Crippen LogP contribution in [0.1, 0.15) is 113 Å². The molecule has 6 aromatic carbocycles. The first-order valence-corrected chi connectivity index (χ1v) is 22.5. The summed E-state index contributed by atoms with van der Waals surface area (Å²) in [4.78, 5) is 2.58. The second kappa shape index (κ2) is 10.8. The highest BCUT2D eigenvalue weighted by Crippen LogP contribution is 2.89. The maximum absolute atomic E-state index is 2.58. The van der Waals surface area contributed by atoms with E-state index in [9.17, 15) is 0 Å². The van der Waals surface area contributed by atoms with Gasteiger partial charge in [0.15, 0.2) is 0 Å². The second-order valence-corrected chi connectivity index (χ2v) is 21.6. The molecule has 288 valence electrons. The van der Waals surface area contributed by atoms with Crippen molar-refractivity contribution in [3.05, 3.63) is 161 Å². The normalized spacial score (nSPS) is 29.7. The third-order valence-corrected chi connectivity index (χ3v) is 18.0. The quantitative estimate of drug-likeness (QED) is 0.173. The molecule has 0 aliphatic heterocycles. The molecule has 2 bridgehead atoms. The van der Waals surface area contributed by atoms with Crippen molar-refractivity contribution in [2.45, 2.75) is 102 Å². The summed E-state index contributed by atoms with van der Waals surface area (Å²) in [7, 11) is 0. The maximum Gasteiger partial charge on any atom is 0.0543 e. The predicted octanol–water partition coefficient (Wildman–Crippen LogP) is 14.8. The molecule has 7 aliphatic carbocycles. The zero-order valence-corrected chi connectivity index (χ0v) is 35.1. The molecule has 7 aliphatic rings. The summed E-state index contributed by atoms with van der Waals surface area (Å²) in [6.07, 6.45) is 8.32. The topological polar surface area (TPSA) is 3.24 Å². The van der Waals surface area contributed by atoms with Crippen molar-refractivity contribution in [2.24, 2.45) is 29.1 Å². The van der Waals surface area contributed by atoms with Gasteiger partial charge in [0.1, 0.15) is 0 Å². The lowest BCUT2D eigenvalue weighted by Gasteiger charge is -2.76.